The highest BCUT2D eigenvalue weighted by molar-refractivity contribution is 6.36. The van der Waals surface area contributed by atoms with Crippen molar-refractivity contribution in [2.75, 3.05) is 19.8 Å². The molecule has 1 fully saturated rings. The molecular weight excluding hydrogens is 270 g/mol. The Balaban J connectivity index is 1.92. The maximum Gasteiger partial charge on any atom is 0.290 e. The first-order valence-corrected chi connectivity index (χ1v) is 7.27. The van der Waals surface area contributed by atoms with Gasteiger partial charge in [0, 0.05) is 13.0 Å². The van der Waals surface area contributed by atoms with E-state index in [1.165, 1.54) is 4.90 Å². The van der Waals surface area contributed by atoms with Crippen LogP contribution in [0.5, 0.6) is 0 Å². The normalized spacial score (nSPS) is 21.2. The number of carbonyl (C=O) groups excluding carboxylic acids is 2. The molecule has 5 heteroatoms. The third kappa shape index (κ3) is 3.89. The van der Waals surface area contributed by atoms with Crippen molar-refractivity contribution in [1.29, 1.82) is 0 Å². The number of amides is 1. The number of aryl methyl sites for hydroxylation is 1. The van der Waals surface area contributed by atoms with Crippen LogP contribution in [0.2, 0.25) is 0 Å². The van der Waals surface area contributed by atoms with Crippen LogP contribution in [0.15, 0.2) is 30.3 Å². The van der Waals surface area contributed by atoms with Crippen molar-refractivity contribution in [2.45, 2.75) is 31.9 Å². The van der Waals surface area contributed by atoms with Gasteiger partial charge in [-0.1, -0.05) is 30.3 Å². The molecule has 2 atom stereocenters. The molecule has 0 radical (unpaired) electrons. The van der Waals surface area contributed by atoms with Crippen LogP contribution in [0, 0.1) is 0 Å². The molecule has 0 spiro atoms. The first kappa shape index (κ1) is 15.7. The molecule has 2 rings (SSSR count). The lowest BCUT2D eigenvalue weighted by Crippen LogP contribution is -2.49. The predicted molar refractivity (Wildman–Crippen MR) is 77.8 cm³/mol. The molecule has 0 saturated carbocycles. The molecule has 1 amide bonds. The molecule has 21 heavy (non-hydrogen) atoms. The third-order valence-electron chi connectivity index (χ3n) is 3.75. The van der Waals surface area contributed by atoms with Gasteiger partial charge in [-0.25, -0.2) is 0 Å². The van der Waals surface area contributed by atoms with Crippen LogP contribution in [0.4, 0.5) is 0 Å². The molecule has 0 unspecified atom stereocenters. The van der Waals surface area contributed by atoms with Crippen molar-refractivity contribution in [2.24, 2.45) is 0 Å². The van der Waals surface area contributed by atoms with Gasteiger partial charge >= 0.3 is 0 Å². The second-order valence-electron chi connectivity index (χ2n) is 5.17. The molecule has 0 aliphatic carbocycles. The van der Waals surface area contributed by atoms with Crippen LogP contribution in [0.25, 0.3) is 0 Å². The van der Waals surface area contributed by atoms with Gasteiger partial charge in [0.1, 0.15) is 0 Å². The van der Waals surface area contributed by atoms with Gasteiger partial charge in [0.15, 0.2) is 0 Å². The zero-order valence-electron chi connectivity index (χ0n) is 12.2. The Morgan fingerprint density at radius 3 is 2.57 bits per heavy atom. The van der Waals surface area contributed by atoms with Crippen molar-refractivity contribution in [3.05, 3.63) is 35.9 Å². The van der Waals surface area contributed by atoms with Crippen LogP contribution in [-0.4, -0.2) is 53.6 Å². The number of likely N-dealkylation sites (N-methyl/N-ethyl adjacent to an activating group) is 1. The molecule has 1 aliphatic rings. The monoisotopic (exact) mass is 291 g/mol. The SMILES string of the molecule is CCN(C(=O)C(=O)CCc1ccccc1)[C@H]1COC[C@@H]1O. The second kappa shape index (κ2) is 7.33. The molecule has 0 bridgehead atoms. The number of rotatable bonds is 6. The Labute approximate surface area is 124 Å². The molecule has 114 valence electrons. The number of hydrogen-bond acceptors (Lipinski definition) is 4. The van der Waals surface area contributed by atoms with E-state index in [0.717, 1.165) is 5.56 Å². The molecule has 1 N–H and O–H groups in total. The van der Waals surface area contributed by atoms with E-state index in [-0.39, 0.29) is 19.6 Å². The number of aliphatic hydroxyl groups is 1. The Bertz CT molecular complexity index is 488. The summed E-state index contributed by atoms with van der Waals surface area (Å²) in [5.41, 5.74) is 1.03. The first-order chi connectivity index (χ1) is 10.1. The summed E-state index contributed by atoms with van der Waals surface area (Å²) in [5.74, 6) is -0.942. The molecule has 1 saturated heterocycles. The van der Waals surface area contributed by atoms with Crippen molar-refractivity contribution in [3.8, 4) is 0 Å². The van der Waals surface area contributed by atoms with E-state index in [2.05, 4.69) is 0 Å². The standard InChI is InChI=1S/C16H21NO4/c1-2-17(13-10-21-11-15(13)19)16(20)14(18)9-8-12-6-4-3-5-7-12/h3-7,13,15,19H,2,8-11H2,1H3/t13-,15-/m0/s1. The predicted octanol–water partition coefficient (Wildman–Crippen LogP) is 0.796. The Morgan fingerprint density at radius 2 is 2.00 bits per heavy atom. The zero-order chi connectivity index (χ0) is 15.2. The molecule has 0 aromatic heterocycles. The number of nitrogens with zero attached hydrogens (tertiary/aromatic N) is 1. The van der Waals surface area contributed by atoms with Gasteiger partial charge in [0.2, 0.25) is 5.78 Å². The number of aliphatic hydroxyl groups excluding tert-OH is 1. The fourth-order valence-corrected chi connectivity index (χ4v) is 2.53. The van der Waals surface area contributed by atoms with Gasteiger partial charge in [-0.3, -0.25) is 9.59 Å². The number of ether oxygens (including phenoxy) is 1. The summed E-state index contributed by atoms with van der Waals surface area (Å²) in [7, 11) is 0. The van der Waals surface area contributed by atoms with Crippen LogP contribution in [0.1, 0.15) is 18.9 Å². The number of hydrogen-bond donors (Lipinski definition) is 1. The summed E-state index contributed by atoms with van der Waals surface area (Å²) in [6, 6.07) is 9.19. The van der Waals surface area contributed by atoms with Gasteiger partial charge < -0.3 is 14.7 Å². The van der Waals surface area contributed by atoms with Gasteiger partial charge in [0.05, 0.1) is 25.4 Å². The topological polar surface area (TPSA) is 66.8 Å². The number of benzene rings is 1. The van der Waals surface area contributed by atoms with Gasteiger partial charge in [-0.2, -0.15) is 0 Å². The van der Waals surface area contributed by atoms with E-state index >= 15 is 0 Å². The third-order valence-corrected chi connectivity index (χ3v) is 3.75. The summed E-state index contributed by atoms with van der Waals surface area (Å²) in [4.78, 5) is 25.7. The van der Waals surface area contributed by atoms with Crippen LogP contribution in [-0.2, 0) is 20.7 Å². The lowest BCUT2D eigenvalue weighted by molar-refractivity contribution is -0.147. The quantitative estimate of drug-likeness (QED) is 0.787. The van der Waals surface area contributed by atoms with Gasteiger partial charge in [-0.15, -0.1) is 0 Å². The minimum Gasteiger partial charge on any atom is -0.388 e. The fourth-order valence-electron chi connectivity index (χ4n) is 2.53. The number of Topliss-reactive ketones (excluding diaryl/α,β-unsaturated/α-hetero) is 1. The zero-order valence-corrected chi connectivity index (χ0v) is 12.2. The smallest absolute Gasteiger partial charge is 0.290 e. The maximum absolute atomic E-state index is 12.2. The van der Waals surface area contributed by atoms with E-state index < -0.39 is 23.8 Å². The van der Waals surface area contributed by atoms with Crippen molar-refractivity contribution in [3.63, 3.8) is 0 Å². The van der Waals surface area contributed by atoms with Crippen LogP contribution < -0.4 is 0 Å². The van der Waals surface area contributed by atoms with E-state index in [1.54, 1.807) is 6.92 Å². The number of ketones is 1. The molecule has 5 nitrogen and oxygen atoms in total. The van der Waals surface area contributed by atoms with E-state index in [9.17, 15) is 14.7 Å². The van der Waals surface area contributed by atoms with Crippen molar-refractivity contribution >= 4 is 11.7 Å². The summed E-state index contributed by atoms with van der Waals surface area (Å²) >= 11 is 0. The van der Waals surface area contributed by atoms with Gasteiger partial charge in [-0.05, 0) is 18.9 Å². The average molecular weight is 291 g/mol. The fraction of sp³-hybridized carbons (Fsp3) is 0.500. The lowest BCUT2D eigenvalue weighted by atomic mass is 10.1. The van der Waals surface area contributed by atoms with Crippen LogP contribution in [0.3, 0.4) is 0 Å². The lowest BCUT2D eigenvalue weighted by Gasteiger charge is -2.28. The number of carbonyl (C=O) groups is 2. The van der Waals surface area contributed by atoms with E-state index in [1.807, 2.05) is 30.3 Å². The Morgan fingerprint density at radius 1 is 1.29 bits per heavy atom. The Kier molecular flexibility index (Phi) is 5.47. The highest BCUT2D eigenvalue weighted by atomic mass is 16.5. The maximum atomic E-state index is 12.2. The summed E-state index contributed by atoms with van der Waals surface area (Å²) in [5, 5.41) is 9.80. The largest absolute Gasteiger partial charge is 0.388 e. The second-order valence-corrected chi connectivity index (χ2v) is 5.17. The average Bonchev–Trinajstić information content (AvgIpc) is 2.93. The van der Waals surface area contributed by atoms with E-state index in [4.69, 9.17) is 4.74 Å². The minimum absolute atomic E-state index is 0.184. The molecule has 1 aliphatic heterocycles. The minimum atomic E-state index is -0.712. The summed E-state index contributed by atoms with van der Waals surface area (Å²) in [6.45, 7) is 2.69. The molecule has 1 aromatic carbocycles. The van der Waals surface area contributed by atoms with Crippen LogP contribution >= 0.6 is 0 Å². The Hall–Kier alpha value is -1.72. The first-order valence-electron chi connectivity index (χ1n) is 7.27. The molecule has 1 heterocycles. The van der Waals surface area contributed by atoms with Gasteiger partial charge in [0.25, 0.3) is 5.91 Å². The summed E-state index contributed by atoms with van der Waals surface area (Å²) < 4.78 is 5.16. The van der Waals surface area contributed by atoms with E-state index in [0.29, 0.717) is 13.0 Å². The highest BCUT2D eigenvalue weighted by Gasteiger charge is 2.35. The highest BCUT2D eigenvalue weighted by Crippen LogP contribution is 2.14. The molecular formula is C16H21NO4. The van der Waals surface area contributed by atoms with Crippen molar-refractivity contribution in [1.82, 2.24) is 4.90 Å². The molecule has 1 aromatic rings. The van der Waals surface area contributed by atoms with Crippen molar-refractivity contribution < 1.29 is 19.4 Å². The summed E-state index contributed by atoms with van der Waals surface area (Å²) in [6.07, 6.45) is 0.0197.